The Morgan fingerprint density at radius 2 is 1.23 bits per heavy atom. The fourth-order valence-corrected chi connectivity index (χ4v) is 7.51. The maximum absolute atomic E-state index is 12.1. The van der Waals surface area contributed by atoms with Crippen LogP contribution in [0.25, 0.3) is 0 Å². The summed E-state index contributed by atoms with van der Waals surface area (Å²) in [4.78, 5) is 23.0. The van der Waals surface area contributed by atoms with Gasteiger partial charge in [0, 0.05) is 0 Å². The monoisotopic (exact) mass is 422 g/mol. The highest BCUT2D eigenvalue weighted by Gasteiger charge is 2.45. The number of carboxylic acids is 1. The lowest BCUT2D eigenvalue weighted by atomic mass is 10.4. The molecule has 0 aliphatic rings. The van der Waals surface area contributed by atoms with Crippen LogP contribution in [0, 0.1) is 0 Å². The minimum Gasteiger partial charge on any atom is -0.480 e. The minimum absolute atomic E-state index is 0.171. The predicted molar refractivity (Wildman–Crippen MR) is 122 cm³/mol. The summed E-state index contributed by atoms with van der Waals surface area (Å²) >= 11 is 0. The molecule has 0 heterocycles. The van der Waals surface area contributed by atoms with Gasteiger partial charge >= 0.3 is 12.1 Å². The van der Waals surface area contributed by atoms with Crippen molar-refractivity contribution in [2.45, 2.75) is 13.0 Å². The molecule has 5 nitrogen and oxygen atoms in total. The maximum Gasteiger partial charge on any atom is 0.407 e. The molecule has 3 aromatic rings. The highest BCUT2D eigenvalue weighted by Crippen LogP contribution is 2.54. The number of hydrogen-bond donors (Lipinski definition) is 2. The molecule has 0 fully saturated rings. The Hall–Kier alpha value is -3.17. The van der Waals surface area contributed by atoms with E-state index in [1.54, 1.807) is 0 Å². The number of aliphatic carboxylic acids is 1. The highest BCUT2D eigenvalue weighted by atomic mass is 31.2. The number of carbonyl (C=O) groups excluding carboxylic acids is 1. The number of hydrogen-bond acceptors (Lipinski definition) is 3. The molecule has 1 unspecified atom stereocenters. The molecule has 3 aromatic carbocycles. The van der Waals surface area contributed by atoms with Gasteiger partial charge in [0.15, 0.2) is 0 Å². The first-order valence-corrected chi connectivity index (χ1v) is 11.7. The summed E-state index contributed by atoms with van der Waals surface area (Å²) in [5.74, 6) is -1.10. The van der Waals surface area contributed by atoms with E-state index in [-0.39, 0.29) is 6.61 Å². The van der Waals surface area contributed by atoms with Gasteiger partial charge in [-0.1, -0.05) is 54.6 Å². The molecular weight excluding hydrogens is 397 g/mol. The van der Waals surface area contributed by atoms with E-state index >= 15 is 0 Å². The van der Waals surface area contributed by atoms with Gasteiger partial charge in [0.25, 0.3) is 0 Å². The van der Waals surface area contributed by atoms with Gasteiger partial charge in [0.1, 0.15) is 42.0 Å². The molecule has 0 spiro atoms. The fraction of sp³-hybridized carbons (Fsp3) is 0.167. The minimum atomic E-state index is -2.08. The van der Waals surface area contributed by atoms with Crippen molar-refractivity contribution in [1.29, 1.82) is 0 Å². The Bertz CT molecular complexity index is 868. The van der Waals surface area contributed by atoms with E-state index in [1.807, 2.05) is 54.6 Å². The molecule has 1 atom stereocenters. The molecule has 0 aromatic heterocycles. The van der Waals surface area contributed by atoms with Gasteiger partial charge in [-0.15, -0.1) is 0 Å². The predicted octanol–water partition coefficient (Wildman–Crippen LogP) is 3.18. The first kappa shape index (κ1) is 21.5. The van der Waals surface area contributed by atoms with E-state index in [1.165, 1.54) is 22.8 Å². The molecule has 0 saturated heterocycles. The largest absolute Gasteiger partial charge is 0.480 e. The van der Waals surface area contributed by atoms with Crippen molar-refractivity contribution in [2.75, 3.05) is 12.8 Å². The van der Waals surface area contributed by atoms with E-state index in [4.69, 9.17) is 9.84 Å². The Morgan fingerprint density at radius 3 is 1.60 bits per heavy atom. The van der Waals surface area contributed by atoms with Gasteiger partial charge in [-0.3, -0.25) is 4.79 Å². The Balaban J connectivity index is 1.95. The van der Waals surface area contributed by atoms with Gasteiger partial charge in [0.2, 0.25) is 0 Å². The van der Waals surface area contributed by atoms with Crippen LogP contribution in [-0.4, -0.2) is 36.0 Å². The Kier molecular flexibility index (Phi) is 7.21. The van der Waals surface area contributed by atoms with Crippen LogP contribution in [0.4, 0.5) is 4.79 Å². The molecule has 30 heavy (non-hydrogen) atoms. The van der Waals surface area contributed by atoms with Gasteiger partial charge < -0.3 is 15.2 Å². The first-order chi connectivity index (χ1) is 14.5. The highest BCUT2D eigenvalue weighted by molar-refractivity contribution is 7.95. The van der Waals surface area contributed by atoms with Crippen molar-refractivity contribution in [3.63, 3.8) is 0 Å². The average Bonchev–Trinajstić information content (AvgIpc) is 2.78. The third-order valence-corrected chi connectivity index (χ3v) is 9.35. The van der Waals surface area contributed by atoms with E-state index in [9.17, 15) is 9.59 Å². The smallest absolute Gasteiger partial charge is 0.407 e. The van der Waals surface area contributed by atoms with Crippen molar-refractivity contribution >= 4 is 35.2 Å². The number of ether oxygens (including phenoxy) is 1. The number of carboxylic acid groups (broad SMARTS) is 1. The topological polar surface area (TPSA) is 75.6 Å². The van der Waals surface area contributed by atoms with Crippen LogP contribution in [0.15, 0.2) is 91.0 Å². The molecule has 2 N–H and O–H groups in total. The van der Waals surface area contributed by atoms with Crippen LogP contribution in [0.1, 0.15) is 6.92 Å². The number of rotatable bonds is 8. The van der Waals surface area contributed by atoms with Crippen LogP contribution in [0.3, 0.4) is 0 Å². The van der Waals surface area contributed by atoms with Crippen molar-refractivity contribution in [1.82, 2.24) is 5.32 Å². The van der Waals surface area contributed by atoms with Crippen LogP contribution >= 0.6 is 7.26 Å². The lowest BCUT2D eigenvalue weighted by molar-refractivity contribution is -0.138. The van der Waals surface area contributed by atoms with Crippen LogP contribution in [-0.2, 0) is 9.53 Å². The number of alkyl carbamates (subject to hydrolysis) is 1. The molecule has 0 radical (unpaired) electrons. The maximum atomic E-state index is 12.1. The van der Waals surface area contributed by atoms with E-state index in [2.05, 4.69) is 41.7 Å². The summed E-state index contributed by atoms with van der Waals surface area (Å²) in [5.41, 5.74) is 0. The third-order valence-electron chi connectivity index (χ3n) is 4.96. The molecule has 3 rings (SSSR count). The van der Waals surface area contributed by atoms with E-state index < -0.39 is 25.4 Å². The van der Waals surface area contributed by atoms with Gasteiger partial charge in [-0.25, -0.2) is 4.79 Å². The number of benzene rings is 3. The molecule has 0 aliphatic heterocycles. The summed E-state index contributed by atoms with van der Waals surface area (Å²) in [6, 6.07) is 29.9. The fourth-order valence-electron chi connectivity index (χ4n) is 3.44. The number of carbonyl (C=O) groups is 2. The molecule has 0 saturated carbocycles. The van der Waals surface area contributed by atoms with E-state index in [0.717, 1.165) is 0 Å². The first-order valence-electron chi connectivity index (χ1n) is 9.75. The molecular formula is C24H25NO4P+. The van der Waals surface area contributed by atoms with Gasteiger partial charge in [0.05, 0.1) is 0 Å². The second kappa shape index (κ2) is 10.0. The Morgan fingerprint density at radius 1 is 0.833 bits per heavy atom. The molecule has 154 valence electrons. The summed E-state index contributed by atoms with van der Waals surface area (Å²) in [6.07, 6.45) is -0.114. The molecule has 0 aliphatic carbocycles. The van der Waals surface area contributed by atoms with Crippen molar-refractivity contribution < 1.29 is 19.4 Å². The van der Waals surface area contributed by atoms with Crippen LogP contribution < -0.4 is 21.2 Å². The molecule has 0 bridgehead atoms. The third kappa shape index (κ3) is 4.87. The average molecular weight is 422 g/mol. The second-order valence-electron chi connectivity index (χ2n) is 6.88. The zero-order valence-electron chi connectivity index (χ0n) is 16.8. The SMILES string of the molecule is CC(NC(=O)OCC[P+](c1ccccc1)(c1ccccc1)c1ccccc1)C(=O)O. The zero-order chi connectivity index (χ0) is 21.4. The number of amides is 1. The second-order valence-corrected chi connectivity index (χ2v) is 10.5. The van der Waals surface area contributed by atoms with Gasteiger partial charge in [-0.2, -0.15) is 0 Å². The van der Waals surface area contributed by atoms with Crippen molar-refractivity contribution in [2.24, 2.45) is 0 Å². The van der Waals surface area contributed by atoms with Crippen molar-refractivity contribution in [3.8, 4) is 0 Å². The normalized spacial score (nSPS) is 12.0. The number of nitrogens with one attached hydrogen (secondary N) is 1. The quantitative estimate of drug-likeness (QED) is 0.547. The standard InChI is InChI=1S/C24H24NO4P/c1-19(23(26)27)25-24(28)29-17-18-30(20-11-5-2-6-12-20,21-13-7-3-8-14-21)22-15-9-4-10-16-22/h2-16,19H,17-18H2,1H3,(H-,25,26,27,28)/p+1. The van der Waals surface area contributed by atoms with Crippen LogP contribution in [0.2, 0.25) is 0 Å². The van der Waals surface area contributed by atoms with E-state index in [0.29, 0.717) is 6.16 Å². The zero-order valence-corrected chi connectivity index (χ0v) is 17.7. The molecule has 1 amide bonds. The summed E-state index contributed by atoms with van der Waals surface area (Å²) in [6.45, 7) is 1.57. The molecule has 6 heteroatoms. The van der Waals surface area contributed by atoms with Gasteiger partial charge in [-0.05, 0) is 43.3 Å². The lowest BCUT2D eigenvalue weighted by Crippen LogP contribution is -2.40. The summed E-state index contributed by atoms with van der Waals surface area (Å²) < 4.78 is 5.40. The van der Waals surface area contributed by atoms with Crippen LogP contribution in [0.5, 0.6) is 0 Å². The summed E-state index contributed by atoms with van der Waals surface area (Å²) in [5, 5.41) is 14.9. The van der Waals surface area contributed by atoms with Crippen molar-refractivity contribution in [3.05, 3.63) is 91.0 Å². The Labute approximate surface area is 177 Å². The summed E-state index contributed by atoms with van der Waals surface area (Å²) in [7, 11) is -2.08. The lowest BCUT2D eigenvalue weighted by Gasteiger charge is -2.27.